The summed E-state index contributed by atoms with van der Waals surface area (Å²) in [7, 11) is 0. The average molecular weight is 288 g/mol. The van der Waals surface area contributed by atoms with Crippen LogP contribution >= 0.6 is 23.2 Å². The molecule has 0 atom stereocenters. The first-order valence-electron chi connectivity index (χ1n) is 6.32. The van der Waals surface area contributed by atoms with Crippen LogP contribution in [-0.2, 0) is 0 Å². The van der Waals surface area contributed by atoms with Gasteiger partial charge in [-0.3, -0.25) is 0 Å². The molecule has 0 saturated carbocycles. The highest BCUT2D eigenvalue weighted by Crippen LogP contribution is 2.37. The molecule has 1 aromatic heterocycles. The molecule has 1 saturated heterocycles. The van der Waals surface area contributed by atoms with E-state index in [4.69, 9.17) is 28.9 Å². The number of hydrogen-bond acceptors (Lipinski definition) is 3. The number of anilines is 2. The topological polar surface area (TPSA) is 42.2 Å². The first-order valence-corrected chi connectivity index (χ1v) is 7.07. The summed E-state index contributed by atoms with van der Waals surface area (Å²) in [5.41, 5.74) is 6.19. The van der Waals surface area contributed by atoms with Crippen molar-refractivity contribution in [2.24, 2.45) is 5.41 Å². The minimum absolute atomic E-state index is 0.347. The van der Waals surface area contributed by atoms with Crippen LogP contribution in [0.3, 0.4) is 0 Å². The van der Waals surface area contributed by atoms with E-state index in [-0.39, 0.29) is 0 Å². The molecule has 2 rings (SSSR count). The van der Waals surface area contributed by atoms with Crippen LogP contribution in [0.5, 0.6) is 0 Å². The lowest BCUT2D eigenvalue weighted by molar-refractivity contribution is 0.238. The lowest BCUT2D eigenvalue weighted by atomic mass is 9.78. The summed E-state index contributed by atoms with van der Waals surface area (Å²) in [6, 6.07) is 1.68. The van der Waals surface area contributed by atoms with Gasteiger partial charge in [0.25, 0.3) is 0 Å². The zero-order valence-electron chi connectivity index (χ0n) is 10.8. The summed E-state index contributed by atoms with van der Waals surface area (Å²) in [4.78, 5) is 6.51. The second kappa shape index (κ2) is 5.14. The number of aromatic nitrogens is 1. The van der Waals surface area contributed by atoms with Gasteiger partial charge in [-0.25, -0.2) is 4.98 Å². The fourth-order valence-corrected chi connectivity index (χ4v) is 2.78. The van der Waals surface area contributed by atoms with Crippen molar-refractivity contribution >= 4 is 34.8 Å². The van der Waals surface area contributed by atoms with Crippen molar-refractivity contribution < 1.29 is 0 Å². The van der Waals surface area contributed by atoms with E-state index in [1.165, 1.54) is 6.42 Å². The number of halogens is 2. The van der Waals surface area contributed by atoms with Crippen molar-refractivity contribution in [3.63, 3.8) is 0 Å². The Labute approximate surface area is 118 Å². The van der Waals surface area contributed by atoms with E-state index >= 15 is 0 Å². The van der Waals surface area contributed by atoms with Crippen LogP contribution in [0.2, 0.25) is 10.0 Å². The number of piperidine rings is 1. The molecule has 1 aliphatic heterocycles. The Hall–Kier alpha value is -0.670. The van der Waals surface area contributed by atoms with Crippen molar-refractivity contribution in [2.75, 3.05) is 23.7 Å². The molecule has 1 aromatic rings. The molecule has 5 heteroatoms. The highest BCUT2D eigenvalue weighted by molar-refractivity contribution is 6.37. The largest absolute Gasteiger partial charge is 0.382 e. The van der Waals surface area contributed by atoms with Crippen LogP contribution in [-0.4, -0.2) is 18.1 Å². The maximum absolute atomic E-state index is 6.20. The summed E-state index contributed by atoms with van der Waals surface area (Å²) in [5, 5.41) is 0.994. The summed E-state index contributed by atoms with van der Waals surface area (Å²) in [5.74, 6) is 1.11. The van der Waals surface area contributed by atoms with E-state index in [0.717, 1.165) is 31.7 Å². The normalized spacial score (nSPS) is 19.0. The van der Waals surface area contributed by atoms with Gasteiger partial charge < -0.3 is 10.6 Å². The van der Waals surface area contributed by atoms with Crippen molar-refractivity contribution in [3.8, 4) is 0 Å². The van der Waals surface area contributed by atoms with E-state index in [1.807, 2.05) is 0 Å². The molecule has 2 heterocycles. The van der Waals surface area contributed by atoms with E-state index < -0.39 is 0 Å². The minimum atomic E-state index is 0.347. The first-order chi connectivity index (χ1) is 8.45. The van der Waals surface area contributed by atoms with Gasteiger partial charge in [0.05, 0.1) is 10.0 Å². The molecular formula is C13H19Cl2N3. The lowest BCUT2D eigenvalue weighted by Crippen LogP contribution is -2.39. The Morgan fingerprint density at radius 2 is 1.94 bits per heavy atom. The third-order valence-corrected chi connectivity index (χ3v) is 4.64. The van der Waals surface area contributed by atoms with Gasteiger partial charge in [-0.2, -0.15) is 0 Å². The first kappa shape index (κ1) is 13.8. The standard InChI is InChI=1S/C13H19Cl2N3/c1-3-13(2)4-6-18(7-5-13)12-10(15)8-9(14)11(16)17-12/h8H,3-7H2,1-2H3,(H2,16,17). The number of rotatable bonds is 2. The Bertz CT molecular complexity index is 440. The highest BCUT2D eigenvalue weighted by Gasteiger charge is 2.29. The van der Waals surface area contributed by atoms with Crippen molar-refractivity contribution in [1.82, 2.24) is 4.98 Å². The van der Waals surface area contributed by atoms with Gasteiger partial charge in [0.2, 0.25) is 0 Å². The second-order valence-electron chi connectivity index (χ2n) is 5.31. The molecule has 1 fully saturated rings. The van der Waals surface area contributed by atoms with Crippen LogP contribution in [0.25, 0.3) is 0 Å². The quantitative estimate of drug-likeness (QED) is 0.894. The maximum Gasteiger partial charge on any atom is 0.149 e. The molecule has 2 N–H and O–H groups in total. The predicted molar refractivity (Wildman–Crippen MR) is 78.5 cm³/mol. The van der Waals surface area contributed by atoms with Gasteiger partial charge >= 0.3 is 0 Å². The Balaban J connectivity index is 2.17. The summed E-state index contributed by atoms with van der Waals surface area (Å²) in [6.07, 6.45) is 3.53. The fraction of sp³-hybridized carbons (Fsp3) is 0.615. The number of nitrogen functional groups attached to an aromatic ring is 1. The zero-order valence-corrected chi connectivity index (χ0v) is 12.4. The van der Waals surface area contributed by atoms with Gasteiger partial charge in [-0.05, 0) is 24.3 Å². The van der Waals surface area contributed by atoms with Crippen molar-refractivity contribution in [3.05, 3.63) is 16.1 Å². The third-order valence-electron chi connectivity index (χ3n) is 4.06. The average Bonchev–Trinajstić information content (AvgIpc) is 2.35. The van der Waals surface area contributed by atoms with Gasteiger partial charge in [0, 0.05) is 13.1 Å². The van der Waals surface area contributed by atoms with E-state index in [2.05, 4.69) is 23.7 Å². The summed E-state index contributed by atoms with van der Waals surface area (Å²) < 4.78 is 0. The Morgan fingerprint density at radius 1 is 1.33 bits per heavy atom. The van der Waals surface area contributed by atoms with Gasteiger partial charge in [-0.1, -0.05) is 43.5 Å². The smallest absolute Gasteiger partial charge is 0.149 e. The molecule has 0 aromatic carbocycles. The van der Waals surface area contributed by atoms with Crippen LogP contribution in [0.15, 0.2) is 6.07 Å². The number of nitrogens with zero attached hydrogens (tertiary/aromatic N) is 2. The molecule has 0 spiro atoms. The Morgan fingerprint density at radius 3 is 2.50 bits per heavy atom. The number of pyridine rings is 1. The van der Waals surface area contributed by atoms with Crippen molar-refractivity contribution in [1.29, 1.82) is 0 Å². The van der Waals surface area contributed by atoms with E-state index in [9.17, 15) is 0 Å². The number of hydrogen-bond donors (Lipinski definition) is 1. The zero-order chi connectivity index (χ0) is 13.3. The predicted octanol–water partition coefficient (Wildman–Crippen LogP) is 3.99. The van der Waals surface area contributed by atoms with Crippen LogP contribution < -0.4 is 10.6 Å². The van der Waals surface area contributed by atoms with E-state index in [1.54, 1.807) is 6.07 Å². The molecule has 100 valence electrons. The molecule has 0 radical (unpaired) electrons. The SMILES string of the molecule is CCC1(C)CCN(c2nc(N)c(Cl)cc2Cl)CC1. The summed E-state index contributed by atoms with van der Waals surface area (Å²) >= 11 is 12.1. The molecular weight excluding hydrogens is 269 g/mol. The van der Waals surface area contributed by atoms with Crippen LogP contribution in [0.4, 0.5) is 11.6 Å². The van der Waals surface area contributed by atoms with Crippen molar-refractivity contribution in [2.45, 2.75) is 33.1 Å². The molecule has 1 aliphatic rings. The molecule has 0 bridgehead atoms. The molecule has 0 amide bonds. The van der Waals surface area contributed by atoms with Crippen LogP contribution in [0.1, 0.15) is 33.1 Å². The Kier molecular flexibility index (Phi) is 3.93. The van der Waals surface area contributed by atoms with E-state index in [0.29, 0.717) is 21.3 Å². The minimum Gasteiger partial charge on any atom is -0.382 e. The van der Waals surface area contributed by atoms with Gasteiger partial charge in [0.1, 0.15) is 11.6 Å². The lowest BCUT2D eigenvalue weighted by Gasteiger charge is -2.39. The molecule has 3 nitrogen and oxygen atoms in total. The van der Waals surface area contributed by atoms with Gasteiger partial charge in [0.15, 0.2) is 0 Å². The summed E-state index contributed by atoms with van der Waals surface area (Å²) in [6.45, 7) is 6.53. The van der Waals surface area contributed by atoms with Gasteiger partial charge in [-0.15, -0.1) is 0 Å². The molecule has 18 heavy (non-hydrogen) atoms. The monoisotopic (exact) mass is 287 g/mol. The number of nitrogens with two attached hydrogens (primary N) is 1. The highest BCUT2D eigenvalue weighted by atomic mass is 35.5. The second-order valence-corrected chi connectivity index (χ2v) is 6.13. The third kappa shape index (κ3) is 2.67. The molecule has 0 aliphatic carbocycles. The van der Waals surface area contributed by atoms with Crippen LogP contribution in [0, 0.1) is 5.41 Å². The molecule has 0 unspecified atom stereocenters. The maximum atomic E-state index is 6.20. The fourth-order valence-electron chi connectivity index (χ4n) is 2.30.